The van der Waals surface area contributed by atoms with Gasteiger partial charge in [-0.1, -0.05) is 36.4 Å². The quantitative estimate of drug-likeness (QED) is 0.338. The molecular formula is C18H19N3O3. The highest BCUT2D eigenvalue weighted by atomic mass is 16.5. The number of ether oxygens (including phenoxy) is 1. The van der Waals surface area contributed by atoms with E-state index in [9.17, 15) is 4.79 Å². The Balaban J connectivity index is 1.95. The molecule has 0 bridgehead atoms. The number of rotatable bonds is 8. The van der Waals surface area contributed by atoms with Gasteiger partial charge in [0.05, 0.1) is 6.61 Å². The number of nitrogens with zero attached hydrogens (tertiary/aromatic N) is 3. The summed E-state index contributed by atoms with van der Waals surface area (Å²) in [6, 6.07) is 14.6. The Morgan fingerprint density at radius 2 is 1.62 bits per heavy atom. The van der Waals surface area contributed by atoms with E-state index in [0.717, 1.165) is 36.1 Å². The summed E-state index contributed by atoms with van der Waals surface area (Å²) in [5.41, 5.74) is 10.6. The third kappa shape index (κ3) is 5.12. The van der Waals surface area contributed by atoms with Gasteiger partial charge < -0.3 is 9.84 Å². The largest absolute Gasteiger partial charge is 0.494 e. The summed E-state index contributed by atoms with van der Waals surface area (Å²) in [6.07, 6.45) is 2.68. The number of azide groups is 1. The number of unbranched alkanes of at least 4 members (excludes halogenated alkanes) is 2. The average Bonchev–Trinajstić information content (AvgIpc) is 2.62. The molecule has 124 valence electrons. The number of hydrogen-bond acceptors (Lipinski definition) is 3. The van der Waals surface area contributed by atoms with Crippen LogP contribution in [0.1, 0.15) is 29.6 Å². The van der Waals surface area contributed by atoms with Gasteiger partial charge in [-0.05, 0) is 53.2 Å². The highest BCUT2D eigenvalue weighted by Gasteiger charge is 2.04. The molecule has 0 aliphatic rings. The highest BCUT2D eigenvalue weighted by Crippen LogP contribution is 2.23. The van der Waals surface area contributed by atoms with Crippen molar-refractivity contribution in [3.8, 4) is 16.9 Å². The van der Waals surface area contributed by atoms with E-state index >= 15 is 0 Å². The lowest BCUT2D eigenvalue weighted by Gasteiger charge is -2.07. The van der Waals surface area contributed by atoms with Crippen LogP contribution in [0, 0.1) is 0 Å². The van der Waals surface area contributed by atoms with Crippen molar-refractivity contribution in [2.24, 2.45) is 5.11 Å². The van der Waals surface area contributed by atoms with Crippen molar-refractivity contribution >= 4 is 5.91 Å². The SMILES string of the molecule is [N-]=[N+]=NC(=O)c1ccc(-c2ccc(OCCCCCO)cc2)cc1. The normalized spacial score (nSPS) is 10.0. The highest BCUT2D eigenvalue weighted by molar-refractivity contribution is 5.95. The molecule has 1 N–H and O–H groups in total. The lowest BCUT2D eigenvalue weighted by Crippen LogP contribution is -1.97. The van der Waals surface area contributed by atoms with Gasteiger partial charge in [-0.3, -0.25) is 4.79 Å². The van der Waals surface area contributed by atoms with Crippen molar-refractivity contribution in [2.45, 2.75) is 19.3 Å². The van der Waals surface area contributed by atoms with Crippen LogP contribution >= 0.6 is 0 Å². The first-order valence-electron chi connectivity index (χ1n) is 7.78. The number of benzene rings is 2. The molecule has 0 unspecified atom stereocenters. The average molecular weight is 325 g/mol. The predicted molar refractivity (Wildman–Crippen MR) is 91.8 cm³/mol. The van der Waals surface area contributed by atoms with E-state index in [-0.39, 0.29) is 6.61 Å². The van der Waals surface area contributed by atoms with E-state index in [1.54, 1.807) is 12.1 Å². The molecule has 2 aromatic rings. The molecule has 0 aromatic heterocycles. The lowest BCUT2D eigenvalue weighted by molar-refractivity contribution is 0.100. The van der Waals surface area contributed by atoms with Crippen LogP contribution in [0.2, 0.25) is 0 Å². The minimum absolute atomic E-state index is 0.224. The maximum atomic E-state index is 11.5. The van der Waals surface area contributed by atoms with Gasteiger partial charge in [0.2, 0.25) is 5.91 Å². The number of carbonyl (C=O) groups excluding carboxylic acids is 1. The zero-order valence-corrected chi connectivity index (χ0v) is 13.3. The standard InChI is InChI=1S/C18H19N3O3/c19-21-20-18(23)16-6-4-14(5-7-16)15-8-10-17(11-9-15)24-13-3-1-2-12-22/h4-11,22H,1-3,12-13H2. The smallest absolute Gasteiger partial charge is 0.249 e. The Hall–Kier alpha value is -2.82. The maximum absolute atomic E-state index is 11.5. The molecule has 0 spiro atoms. The molecule has 2 aromatic carbocycles. The summed E-state index contributed by atoms with van der Waals surface area (Å²) in [4.78, 5) is 13.9. The molecule has 24 heavy (non-hydrogen) atoms. The van der Waals surface area contributed by atoms with Crippen LogP contribution in [0.5, 0.6) is 5.75 Å². The number of hydrogen-bond donors (Lipinski definition) is 1. The van der Waals surface area contributed by atoms with Crippen LogP contribution in [0.15, 0.2) is 53.6 Å². The van der Waals surface area contributed by atoms with Crippen molar-refractivity contribution < 1.29 is 14.6 Å². The first-order valence-corrected chi connectivity index (χ1v) is 7.78. The Bertz CT molecular complexity index is 705. The van der Waals surface area contributed by atoms with Gasteiger partial charge in [0, 0.05) is 17.1 Å². The van der Waals surface area contributed by atoms with Gasteiger partial charge in [-0.25, -0.2) is 0 Å². The van der Waals surface area contributed by atoms with Gasteiger partial charge in [-0.2, -0.15) is 0 Å². The molecule has 0 heterocycles. The van der Waals surface area contributed by atoms with Gasteiger partial charge in [0.25, 0.3) is 0 Å². The van der Waals surface area contributed by atoms with Gasteiger partial charge in [-0.15, -0.1) is 0 Å². The maximum Gasteiger partial charge on any atom is 0.249 e. The summed E-state index contributed by atoms with van der Waals surface area (Å²) in [6.45, 7) is 0.859. The predicted octanol–water partition coefficient (Wildman–Crippen LogP) is 4.35. The fourth-order valence-corrected chi connectivity index (χ4v) is 2.23. The first-order chi connectivity index (χ1) is 11.7. The van der Waals surface area contributed by atoms with Crippen LogP contribution in [0.4, 0.5) is 0 Å². The molecule has 0 atom stereocenters. The summed E-state index contributed by atoms with van der Waals surface area (Å²) >= 11 is 0. The van der Waals surface area contributed by atoms with Crippen molar-refractivity contribution in [1.82, 2.24) is 0 Å². The molecule has 0 aliphatic carbocycles. The Labute approximate surface area is 140 Å². The molecule has 2 rings (SSSR count). The van der Waals surface area contributed by atoms with E-state index in [2.05, 4.69) is 10.0 Å². The van der Waals surface area contributed by atoms with Crippen molar-refractivity contribution in [3.05, 3.63) is 64.5 Å². The topological polar surface area (TPSA) is 95.3 Å². The van der Waals surface area contributed by atoms with Crippen LogP contribution in [0.3, 0.4) is 0 Å². The van der Waals surface area contributed by atoms with Gasteiger partial charge in [0.1, 0.15) is 5.75 Å². The fraction of sp³-hybridized carbons (Fsp3) is 0.278. The fourth-order valence-electron chi connectivity index (χ4n) is 2.23. The summed E-state index contributed by atoms with van der Waals surface area (Å²) in [7, 11) is 0. The number of aliphatic hydroxyl groups excluding tert-OH is 1. The van der Waals surface area contributed by atoms with Gasteiger partial charge in [0.15, 0.2) is 0 Å². The van der Waals surface area contributed by atoms with E-state index in [4.69, 9.17) is 15.4 Å². The summed E-state index contributed by atoms with van der Waals surface area (Å²) < 4.78 is 5.65. The van der Waals surface area contributed by atoms with Crippen molar-refractivity contribution in [3.63, 3.8) is 0 Å². The molecule has 6 heteroatoms. The number of carbonyl (C=O) groups is 1. The second kappa shape index (κ2) is 9.35. The van der Waals surface area contributed by atoms with Crippen LogP contribution in [-0.2, 0) is 0 Å². The van der Waals surface area contributed by atoms with E-state index in [1.807, 2.05) is 36.4 Å². The Morgan fingerprint density at radius 1 is 1.00 bits per heavy atom. The Kier molecular flexibility index (Phi) is 6.83. The van der Waals surface area contributed by atoms with E-state index in [1.165, 1.54) is 0 Å². The van der Waals surface area contributed by atoms with Crippen molar-refractivity contribution in [2.75, 3.05) is 13.2 Å². The van der Waals surface area contributed by atoms with Crippen molar-refractivity contribution in [1.29, 1.82) is 0 Å². The monoisotopic (exact) mass is 325 g/mol. The molecule has 0 fully saturated rings. The summed E-state index contributed by atoms with van der Waals surface area (Å²) in [5.74, 6) is 0.215. The molecule has 0 radical (unpaired) electrons. The van der Waals surface area contributed by atoms with Gasteiger partial charge >= 0.3 is 0 Å². The minimum Gasteiger partial charge on any atom is -0.494 e. The number of aliphatic hydroxyl groups is 1. The van der Waals surface area contributed by atoms with Crippen LogP contribution in [-0.4, -0.2) is 24.2 Å². The first kappa shape index (κ1) is 17.5. The zero-order chi connectivity index (χ0) is 17.2. The second-order valence-electron chi connectivity index (χ2n) is 5.23. The molecule has 0 saturated heterocycles. The third-order valence-corrected chi connectivity index (χ3v) is 3.53. The lowest BCUT2D eigenvalue weighted by atomic mass is 10.0. The van der Waals surface area contributed by atoms with Crippen LogP contribution < -0.4 is 4.74 Å². The molecule has 1 amide bonds. The molecule has 6 nitrogen and oxygen atoms in total. The number of amides is 1. The second-order valence-corrected chi connectivity index (χ2v) is 5.23. The van der Waals surface area contributed by atoms with E-state index < -0.39 is 5.91 Å². The molecule has 0 aliphatic heterocycles. The summed E-state index contributed by atoms with van der Waals surface area (Å²) in [5, 5.41) is 11.8. The van der Waals surface area contributed by atoms with Crippen LogP contribution in [0.25, 0.3) is 21.6 Å². The Morgan fingerprint density at radius 3 is 2.21 bits per heavy atom. The molecule has 0 saturated carbocycles. The molecular weight excluding hydrogens is 306 g/mol. The van der Waals surface area contributed by atoms with E-state index in [0.29, 0.717) is 12.2 Å². The zero-order valence-electron chi connectivity index (χ0n) is 13.3. The third-order valence-electron chi connectivity index (χ3n) is 3.53. The minimum atomic E-state index is -0.589.